The maximum atomic E-state index is 10.7. The average molecular weight is 503 g/mol. The molecule has 2 aromatic carbocycles. The summed E-state index contributed by atoms with van der Waals surface area (Å²) in [6.45, 7) is 5.97. The summed E-state index contributed by atoms with van der Waals surface area (Å²) in [6, 6.07) is 12.2. The number of nitrogens with zero attached hydrogens (tertiary/aromatic N) is 6. The number of anilines is 2. The summed E-state index contributed by atoms with van der Waals surface area (Å²) in [6.07, 6.45) is 5.01. The second-order valence-electron chi connectivity index (χ2n) is 9.76. The second kappa shape index (κ2) is 11.0. The molecule has 37 heavy (non-hydrogen) atoms. The fourth-order valence-corrected chi connectivity index (χ4v) is 5.02. The molecule has 2 aliphatic rings. The van der Waals surface area contributed by atoms with Crippen molar-refractivity contribution in [2.75, 3.05) is 69.8 Å². The van der Waals surface area contributed by atoms with Gasteiger partial charge in [0.25, 0.3) is 0 Å². The summed E-state index contributed by atoms with van der Waals surface area (Å²) < 4.78 is 6.01. The monoisotopic (exact) mass is 502 g/mol. The smallest absolute Gasteiger partial charge is 0.318 e. The van der Waals surface area contributed by atoms with Crippen LogP contribution in [0.5, 0.6) is 11.8 Å². The number of rotatable bonds is 8. The Labute approximate surface area is 217 Å². The first-order chi connectivity index (χ1) is 18.0. The van der Waals surface area contributed by atoms with E-state index in [9.17, 15) is 9.90 Å². The van der Waals surface area contributed by atoms with E-state index in [0.717, 1.165) is 85.5 Å². The highest BCUT2D eigenvalue weighted by molar-refractivity contribution is 5.95. The van der Waals surface area contributed by atoms with E-state index in [4.69, 9.17) is 14.7 Å². The van der Waals surface area contributed by atoms with Crippen molar-refractivity contribution in [2.24, 2.45) is 0 Å². The number of piperazine rings is 1. The number of ether oxygens (including phenoxy) is 1. The van der Waals surface area contributed by atoms with E-state index >= 15 is 0 Å². The molecule has 0 radical (unpaired) electrons. The number of hydrogen-bond donors (Lipinski definition) is 1. The molecule has 3 aromatic rings. The number of aromatic nitrogens is 2. The maximum Gasteiger partial charge on any atom is 0.318 e. The summed E-state index contributed by atoms with van der Waals surface area (Å²) in [7, 11) is 4.02. The first-order valence-corrected chi connectivity index (χ1v) is 12.8. The van der Waals surface area contributed by atoms with Gasteiger partial charge < -0.3 is 29.4 Å². The van der Waals surface area contributed by atoms with E-state index in [1.165, 1.54) is 0 Å². The van der Waals surface area contributed by atoms with Gasteiger partial charge in [-0.3, -0.25) is 4.79 Å². The molecule has 0 saturated carbocycles. The van der Waals surface area contributed by atoms with Gasteiger partial charge in [-0.05, 0) is 38.0 Å². The molecule has 0 amide bonds. The minimum atomic E-state index is 0.261. The lowest BCUT2D eigenvalue weighted by molar-refractivity contribution is -0.104. The van der Waals surface area contributed by atoms with E-state index in [1.54, 1.807) is 12.1 Å². The first-order valence-electron chi connectivity index (χ1n) is 12.8. The number of aldehydes is 1. The Morgan fingerprint density at radius 1 is 1.05 bits per heavy atom. The molecule has 194 valence electrons. The van der Waals surface area contributed by atoms with Crippen molar-refractivity contribution in [3.05, 3.63) is 59.9 Å². The largest absolute Gasteiger partial charge is 0.508 e. The van der Waals surface area contributed by atoms with Gasteiger partial charge in [-0.2, -0.15) is 9.97 Å². The molecular formula is C28H34N6O3. The van der Waals surface area contributed by atoms with Gasteiger partial charge in [-0.15, -0.1) is 0 Å². The molecule has 0 spiro atoms. The topological polar surface area (TPSA) is 85.3 Å². The van der Waals surface area contributed by atoms with E-state index in [-0.39, 0.29) is 5.75 Å². The van der Waals surface area contributed by atoms with Gasteiger partial charge in [0.15, 0.2) is 0 Å². The molecule has 0 atom stereocenters. The van der Waals surface area contributed by atoms with Crippen LogP contribution in [0.2, 0.25) is 0 Å². The minimum Gasteiger partial charge on any atom is -0.508 e. The van der Waals surface area contributed by atoms with E-state index in [1.807, 2.05) is 44.6 Å². The van der Waals surface area contributed by atoms with Crippen LogP contribution in [0.15, 0.2) is 48.7 Å². The summed E-state index contributed by atoms with van der Waals surface area (Å²) >= 11 is 0. The SMILES string of the molecule is CN(C)CCOc1nc2c(c(N3CCN(C=CC=O)CC3)n1)CCN(c1cc(O)cc3ccccc13)C2. The number of allylic oxidation sites excluding steroid dienone is 1. The molecule has 3 heterocycles. The number of aromatic hydroxyl groups is 1. The molecule has 1 saturated heterocycles. The van der Waals surface area contributed by atoms with Gasteiger partial charge in [0.05, 0.1) is 12.2 Å². The molecule has 1 N–H and O–H groups in total. The summed E-state index contributed by atoms with van der Waals surface area (Å²) in [5, 5.41) is 12.5. The number of carbonyl (C=O) groups excluding carboxylic acids is 1. The number of benzene rings is 2. The van der Waals surface area contributed by atoms with Crippen LogP contribution in [0.1, 0.15) is 11.3 Å². The van der Waals surface area contributed by atoms with Crippen LogP contribution >= 0.6 is 0 Å². The van der Waals surface area contributed by atoms with Crippen molar-refractivity contribution in [1.82, 2.24) is 19.8 Å². The van der Waals surface area contributed by atoms with Gasteiger partial charge in [0.1, 0.15) is 24.5 Å². The Hall–Kier alpha value is -3.85. The molecular weight excluding hydrogens is 468 g/mol. The Morgan fingerprint density at radius 3 is 2.65 bits per heavy atom. The molecule has 0 aliphatic carbocycles. The molecule has 1 fully saturated rings. The summed E-state index contributed by atoms with van der Waals surface area (Å²) in [5.74, 6) is 1.21. The van der Waals surface area contributed by atoms with Crippen LogP contribution in [0.3, 0.4) is 0 Å². The molecule has 0 unspecified atom stereocenters. The van der Waals surface area contributed by atoms with Crippen molar-refractivity contribution < 1.29 is 14.6 Å². The highest BCUT2D eigenvalue weighted by Crippen LogP contribution is 2.36. The van der Waals surface area contributed by atoms with E-state index in [0.29, 0.717) is 19.2 Å². The third-order valence-corrected chi connectivity index (χ3v) is 6.95. The van der Waals surface area contributed by atoms with Crippen LogP contribution in [0.4, 0.5) is 11.5 Å². The van der Waals surface area contributed by atoms with Crippen LogP contribution in [-0.4, -0.2) is 91.1 Å². The second-order valence-corrected chi connectivity index (χ2v) is 9.76. The Kier molecular flexibility index (Phi) is 7.41. The molecule has 5 rings (SSSR count). The summed E-state index contributed by atoms with van der Waals surface area (Å²) in [5.41, 5.74) is 3.14. The fraction of sp³-hybridized carbons (Fsp3) is 0.393. The highest BCUT2D eigenvalue weighted by atomic mass is 16.5. The molecule has 1 aromatic heterocycles. The van der Waals surface area contributed by atoms with Gasteiger partial charge >= 0.3 is 6.01 Å². The number of phenolic OH excluding ortho intramolecular Hbond substituents is 1. The van der Waals surface area contributed by atoms with Gasteiger partial charge in [-0.25, -0.2) is 0 Å². The quantitative estimate of drug-likeness (QED) is 0.369. The number of hydrogen-bond acceptors (Lipinski definition) is 9. The Morgan fingerprint density at radius 2 is 1.86 bits per heavy atom. The van der Waals surface area contributed by atoms with Crippen LogP contribution in [0.25, 0.3) is 10.8 Å². The third-order valence-electron chi connectivity index (χ3n) is 6.95. The Balaban J connectivity index is 1.45. The van der Waals surface area contributed by atoms with Crippen molar-refractivity contribution in [2.45, 2.75) is 13.0 Å². The number of carbonyl (C=O) groups is 1. The molecule has 9 nitrogen and oxygen atoms in total. The lowest BCUT2D eigenvalue weighted by Gasteiger charge is -2.38. The van der Waals surface area contributed by atoms with Crippen LogP contribution in [0, 0.1) is 0 Å². The van der Waals surface area contributed by atoms with Crippen LogP contribution in [-0.2, 0) is 17.8 Å². The van der Waals surface area contributed by atoms with Crippen LogP contribution < -0.4 is 14.5 Å². The van der Waals surface area contributed by atoms with E-state index in [2.05, 4.69) is 25.7 Å². The normalized spacial score (nSPS) is 16.0. The van der Waals surface area contributed by atoms with Crippen molar-refractivity contribution in [3.63, 3.8) is 0 Å². The van der Waals surface area contributed by atoms with E-state index < -0.39 is 0 Å². The van der Waals surface area contributed by atoms with Crippen molar-refractivity contribution >= 4 is 28.6 Å². The highest BCUT2D eigenvalue weighted by Gasteiger charge is 2.28. The lowest BCUT2D eigenvalue weighted by atomic mass is 10.0. The van der Waals surface area contributed by atoms with Gasteiger partial charge in [0, 0.05) is 68.2 Å². The zero-order valence-electron chi connectivity index (χ0n) is 21.5. The number of phenols is 1. The number of fused-ring (bicyclic) bond motifs is 2. The number of likely N-dealkylation sites (N-methyl/N-ethyl adjacent to an activating group) is 1. The van der Waals surface area contributed by atoms with Gasteiger partial charge in [-0.1, -0.05) is 24.3 Å². The third kappa shape index (κ3) is 5.61. The summed E-state index contributed by atoms with van der Waals surface area (Å²) in [4.78, 5) is 29.3. The zero-order chi connectivity index (χ0) is 25.8. The lowest BCUT2D eigenvalue weighted by Crippen LogP contribution is -2.45. The fourth-order valence-electron chi connectivity index (χ4n) is 5.02. The van der Waals surface area contributed by atoms with Crippen molar-refractivity contribution in [1.29, 1.82) is 0 Å². The zero-order valence-corrected chi connectivity index (χ0v) is 21.5. The van der Waals surface area contributed by atoms with Gasteiger partial charge in [0.2, 0.25) is 0 Å². The minimum absolute atomic E-state index is 0.261. The predicted octanol–water partition coefficient (Wildman–Crippen LogP) is 2.67. The molecule has 2 aliphatic heterocycles. The standard InChI is InChI=1S/C28H34N6O3/c1-31(2)15-17-37-28-29-25-20-34(26-19-22(36)18-21-6-3-4-7-23(21)26)10-8-24(25)27(30-28)33-13-11-32(12-14-33)9-5-16-35/h3-7,9,16,18-19,36H,8,10-15,17,20H2,1-2H3. The maximum absolute atomic E-state index is 10.7. The first kappa shape index (κ1) is 24.8. The molecule has 9 heteroatoms. The Bertz CT molecular complexity index is 1290. The molecule has 0 bridgehead atoms. The van der Waals surface area contributed by atoms with Crippen molar-refractivity contribution in [3.8, 4) is 11.8 Å². The average Bonchev–Trinajstić information content (AvgIpc) is 2.90. The predicted molar refractivity (Wildman–Crippen MR) is 145 cm³/mol.